The monoisotopic (exact) mass is 321 g/mol. The lowest BCUT2D eigenvalue weighted by atomic mass is 9.98. The van der Waals surface area contributed by atoms with Crippen molar-refractivity contribution in [3.05, 3.63) is 24.2 Å². The third-order valence-corrected chi connectivity index (χ3v) is 5.06. The van der Waals surface area contributed by atoms with E-state index in [1.54, 1.807) is 6.26 Å². The molecule has 2 aliphatic heterocycles. The lowest BCUT2D eigenvalue weighted by molar-refractivity contribution is 0.134. The molecule has 2 N–H and O–H groups in total. The van der Waals surface area contributed by atoms with Crippen molar-refractivity contribution in [3.63, 3.8) is 0 Å². The maximum atomic E-state index is 12.4. The van der Waals surface area contributed by atoms with Gasteiger partial charge in [-0.3, -0.25) is 4.90 Å². The van der Waals surface area contributed by atoms with E-state index in [9.17, 15) is 9.90 Å². The number of aliphatic hydroxyl groups is 1. The summed E-state index contributed by atoms with van der Waals surface area (Å²) in [6.45, 7) is 4.38. The van der Waals surface area contributed by atoms with Gasteiger partial charge in [0.15, 0.2) is 0 Å². The Bertz CT molecular complexity index is 477. The van der Waals surface area contributed by atoms with E-state index in [0.29, 0.717) is 12.5 Å². The van der Waals surface area contributed by atoms with Gasteiger partial charge in [0.1, 0.15) is 5.76 Å². The molecule has 6 heteroatoms. The van der Waals surface area contributed by atoms with Crippen LogP contribution in [0.5, 0.6) is 0 Å². The van der Waals surface area contributed by atoms with Gasteiger partial charge in [-0.15, -0.1) is 0 Å². The number of amides is 2. The quantitative estimate of drug-likeness (QED) is 0.868. The molecule has 0 aromatic carbocycles. The maximum absolute atomic E-state index is 12.4. The van der Waals surface area contributed by atoms with Crippen molar-refractivity contribution < 1.29 is 14.3 Å². The van der Waals surface area contributed by atoms with Crippen LogP contribution >= 0.6 is 0 Å². The Kier molecular flexibility index (Phi) is 5.56. The number of carbonyl (C=O) groups excluding carboxylic acids is 1. The van der Waals surface area contributed by atoms with Gasteiger partial charge >= 0.3 is 6.03 Å². The van der Waals surface area contributed by atoms with Crippen LogP contribution in [-0.2, 0) is 0 Å². The first kappa shape index (κ1) is 16.3. The minimum atomic E-state index is -0.00265. The van der Waals surface area contributed by atoms with Crippen LogP contribution in [0.25, 0.3) is 0 Å². The molecule has 1 atom stereocenters. The van der Waals surface area contributed by atoms with Crippen molar-refractivity contribution in [2.45, 2.75) is 31.7 Å². The lowest BCUT2D eigenvalue weighted by Gasteiger charge is -2.32. The van der Waals surface area contributed by atoms with Gasteiger partial charge < -0.3 is 19.7 Å². The Morgan fingerprint density at radius 3 is 2.65 bits per heavy atom. The van der Waals surface area contributed by atoms with E-state index in [1.807, 2.05) is 17.0 Å². The Hall–Kier alpha value is -1.53. The van der Waals surface area contributed by atoms with Gasteiger partial charge in [0.05, 0.1) is 12.3 Å². The molecule has 0 aliphatic carbocycles. The smallest absolute Gasteiger partial charge is 0.317 e. The second-order valence-electron chi connectivity index (χ2n) is 6.57. The van der Waals surface area contributed by atoms with E-state index in [4.69, 9.17) is 4.42 Å². The zero-order valence-electron chi connectivity index (χ0n) is 13.6. The highest BCUT2D eigenvalue weighted by Gasteiger charge is 2.27. The molecule has 0 bridgehead atoms. The highest BCUT2D eigenvalue weighted by molar-refractivity contribution is 5.74. The van der Waals surface area contributed by atoms with E-state index in [1.165, 1.54) is 12.8 Å². The van der Waals surface area contributed by atoms with Crippen molar-refractivity contribution in [2.24, 2.45) is 5.92 Å². The van der Waals surface area contributed by atoms with Crippen LogP contribution < -0.4 is 5.32 Å². The summed E-state index contributed by atoms with van der Waals surface area (Å²) >= 11 is 0. The number of urea groups is 1. The van der Waals surface area contributed by atoms with E-state index in [-0.39, 0.29) is 18.7 Å². The number of hydrogen-bond acceptors (Lipinski definition) is 4. The molecular formula is C17H27N3O3. The van der Waals surface area contributed by atoms with Gasteiger partial charge in [0.2, 0.25) is 0 Å². The summed E-state index contributed by atoms with van der Waals surface area (Å²) in [6, 6.07) is 4.01. The molecular weight excluding hydrogens is 294 g/mol. The molecule has 3 rings (SSSR count). The number of likely N-dealkylation sites (tertiary alicyclic amines) is 2. The van der Waals surface area contributed by atoms with Crippen LogP contribution in [0.3, 0.4) is 0 Å². The van der Waals surface area contributed by atoms with E-state index in [0.717, 1.165) is 44.8 Å². The normalized spacial score (nSPS) is 21.5. The van der Waals surface area contributed by atoms with Gasteiger partial charge in [-0.1, -0.05) is 0 Å². The highest BCUT2D eigenvalue weighted by Crippen LogP contribution is 2.25. The predicted molar refractivity (Wildman–Crippen MR) is 87.0 cm³/mol. The topological polar surface area (TPSA) is 69.0 Å². The second kappa shape index (κ2) is 7.84. The van der Waals surface area contributed by atoms with Crippen molar-refractivity contribution in [1.82, 2.24) is 15.1 Å². The SMILES string of the molecule is O=C(NCC(c1ccco1)N1CCCC1)N1CCC(CO)CC1. The number of nitrogens with one attached hydrogen (secondary N) is 1. The number of aliphatic hydroxyl groups excluding tert-OH is 1. The number of nitrogens with zero attached hydrogens (tertiary/aromatic N) is 2. The van der Waals surface area contributed by atoms with Crippen LogP contribution in [0.2, 0.25) is 0 Å². The summed E-state index contributed by atoms with van der Waals surface area (Å²) in [5.74, 6) is 1.27. The largest absolute Gasteiger partial charge is 0.468 e. The maximum Gasteiger partial charge on any atom is 0.317 e. The third-order valence-electron chi connectivity index (χ3n) is 5.06. The molecule has 2 aliphatic rings. The van der Waals surface area contributed by atoms with Gasteiger partial charge in [0, 0.05) is 26.2 Å². The second-order valence-corrected chi connectivity index (χ2v) is 6.57. The predicted octanol–water partition coefficient (Wildman–Crippen LogP) is 1.83. The number of piperidine rings is 1. The molecule has 0 spiro atoms. The van der Waals surface area contributed by atoms with Crippen LogP contribution in [0.4, 0.5) is 4.79 Å². The van der Waals surface area contributed by atoms with Crippen LogP contribution in [0.15, 0.2) is 22.8 Å². The number of carbonyl (C=O) groups is 1. The molecule has 2 fully saturated rings. The standard InChI is InChI=1S/C17H27N3O3/c21-13-14-5-9-20(10-6-14)17(22)18-12-15(16-4-3-11-23-16)19-7-1-2-8-19/h3-4,11,14-15,21H,1-2,5-10,12-13H2,(H,18,22). The van der Waals surface area contributed by atoms with Crippen molar-refractivity contribution in [3.8, 4) is 0 Å². The summed E-state index contributed by atoms with van der Waals surface area (Å²) in [5, 5.41) is 12.3. The number of hydrogen-bond donors (Lipinski definition) is 2. The first-order valence-electron chi connectivity index (χ1n) is 8.69. The minimum absolute atomic E-state index is 0.00265. The summed E-state index contributed by atoms with van der Waals surface area (Å²) in [5.41, 5.74) is 0. The van der Waals surface area contributed by atoms with E-state index >= 15 is 0 Å². The molecule has 0 radical (unpaired) electrons. The van der Waals surface area contributed by atoms with Crippen molar-refractivity contribution in [1.29, 1.82) is 0 Å². The summed E-state index contributed by atoms with van der Waals surface area (Å²) < 4.78 is 5.58. The fourth-order valence-corrected chi connectivity index (χ4v) is 3.56. The van der Waals surface area contributed by atoms with Crippen molar-refractivity contribution >= 4 is 6.03 Å². The summed E-state index contributed by atoms with van der Waals surface area (Å²) in [6.07, 6.45) is 5.88. The van der Waals surface area contributed by atoms with Gasteiger partial charge in [-0.25, -0.2) is 4.79 Å². The molecule has 1 aromatic heterocycles. The van der Waals surface area contributed by atoms with Gasteiger partial charge in [-0.05, 0) is 56.8 Å². The minimum Gasteiger partial charge on any atom is -0.468 e. The van der Waals surface area contributed by atoms with Crippen molar-refractivity contribution in [2.75, 3.05) is 39.3 Å². The Morgan fingerprint density at radius 2 is 2.04 bits per heavy atom. The first-order valence-corrected chi connectivity index (χ1v) is 8.69. The molecule has 2 amide bonds. The molecule has 6 nitrogen and oxygen atoms in total. The molecule has 128 valence electrons. The fourth-order valence-electron chi connectivity index (χ4n) is 3.56. The molecule has 2 saturated heterocycles. The number of rotatable bonds is 5. The Morgan fingerprint density at radius 1 is 1.30 bits per heavy atom. The Labute approximate surface area is 137 Å². The average molecular weight is 321 g/mol. The molecule has 1 unspecified atom stereocenters. The molecule has 1 aromatic rings. The summed E-state index contributed by atoms with van der Waals surface area (Å²) in [4.78, 5) is 16.6. The molecule has 0 saturated carbocycles. The van der Waals surface area contributed by atoms with Gasteiger partial charge in [-0.2, -0.15) is 0 Å². The highest BCUT2D eigenvalue weighted by atomic mass is 16.3. The Balaban J connectivity index is 1.53. The van der Waals surface area contributed by atoms with Crippen LogP contribution in [-0.4, -0.2) is 60.3 Å². The van der Waals surface area contributed by atoms with E-state index in [2.05, 4.69) is 10.2 Å². The zero-order chi connectivity index (χ0) is 16.1. The van der Waals surface area contributed by atoms with Gasteiger partial charge in [0.25, 0.3) is 0 Å². The van der Waals surface area contributed by atoms with Crippen LogP contribution in [0.1, 0.15) is 37.5 Å². The van der Waals surface area contributed by atoms with E-state index < -0.39 is 0 Å². The first-order chi connectivity index (χ1) is 11.3. The zero-order valence-corrected chi connectivity index (χ0v) is 13.6. The lowest BCUT2D eigenvalue weighted by Crippen LogP contribution is -2.47. The summed E-state index contributed by atoms with van der Waals surface area (Å²) in [7, 11) is 0. The third kappa shape index (κ3) is 4.06. The van der Waals surface area contributed by atoms with Crippen LogP contribution in [0, 0.1) is 5.92 Å². The molecule has 23 heavy (non-hydrogen) atoms. The fraction of sp³-hybridized carbons (Fsp3) is 0.706. The molecule has 3 heterocycles. The number of furan rings is 1. The average Bonchev–Trinajstić information content (AvgIpc) is 3.29.